The zero-order valence-corrected chi connectivity index (χ0v) is 6.22. The Kier molecular flexibility index (Phi) is 2.13. The maximum atomic E-state index is 13.2. The summed E-state index contributed by atoms with van der Waals surface area (Å²) >= 11 is 0. The van der Waals surface area contributed by atoms with E-state index in [-0.39, 0.29) is 18.9 Å². The van der Waals surface area contributed by atoms with Crippen molar-refractivity contribution in [1.29, 1.82) is 0 Å². The number of aliphatic carboxylic acids is 1. The number of halogens is 1. The van der Waals surface area contributed by atoms with Gasteiger partial charge in [0, 0.05) is 6.04 Å². The molecule has 0 aromatic rings. The molecule has 1 fully saturated rings. The van der Waals surface area contributed by atoms with Crippen LogP contribution in [-0.4, -0.2) is 22.8 Å². The molecule has 0 unspecified atom stereocenters. The SMILES string of the molecule is NC1CCC(F)(C(=O)O)CC1. The van der Waals surface area contributed by atoms with Crippen LogP contribution in [0.4, 0.5) is 4.39 Å². The molecule has 3 nitrogen and oxygen atoms in total. The Bertz CT molecular complexity index is 164. The molecule has 1 aliphatic carbocycles. The van der Waals surface area contributed by atoms with E-state index in [1.807, 2.05) is 0 Å². The molecule has 3 N–H and O–H groups in total. The first-order chi connectivity index (χ1) is 5.04. The molecule has 0 atom stereocenters. The van der Waals surface area contributed by atoms with Gasteiger partial charge in [-0.3, -0.25) is 0 Å². The lowest BCUT2D eigenvalue weighted by Gasteiger charge is -2.28. The number of hydrogen-bond acceptors (Lipinski definition) is 2. The maximum Gasteiger partial charge on any atom is 0.341 e. The van der Waals surface area contributed by atoms with Gasteiger partial charge in [0.2, 0.25) is 5.67 Å². The summed E-state index contributed by atoms with van der Waals surface area (Å²) in [7, 11) is 0. The van der Waals surface area contributed by atoms with Gasteiger partial charge in [-0.05, 0) is 25.7 Å². The molecular weight excluding hydrogens is 149 g/mol. The second-order valence-electron chi connectivity index (χ2n) is 3.11. The van der Waals surface area contributed by atoms with Crippen LogP contribution in [0.2, 0.25) is 0 Å². The number of carboxylic acid groups (broad SMARTS) is 1. The van der Waals surface area contributed by atoms with E-state index in [2.05, 4.69) is 0 Å². The van der Waals surface area contributed by atoms with Crippen molar-refractivity contribution in [3.8, 4) is 0 Å². The quantitative estimate of drug-likeness (QED) is 0.594. The van der Waals surface area contributed by atoms with Crippen molar-refractivity contribution in [3.63, 3.8) is 0 Å². The predicted molar refractivity (Wildman–Crippen MR) is 37.9 cm³/mol. The first kappa shape index (κ1) is 8.46. The number of hydrogen-bond donors (Lipinski definition) is 2. The third kappa shape index (κ3) is 1.68. The summed E-state index contributed by atoms with van der Waals surface area (Å²) in [5.74, 6) is -1.34. The average molecular weight is 161 g/mol. The van der Waals surface area contributed by atoms with Crippen molar-refractivity contribution in [3.05, 3.63) is 0 Å². The summed E-state index contributed by atoms with van der Waals surface area (Å²) in [6, 6.07) is -0.0155. The zero-order valence-electron chi connectivity index (χ0n) is 6.22. The van der Waals surface area contributed by atoms with E-state index < -0.39 is 11.6 Å². The van der Waals surface area contributed by atoms with Gasteiger partial charge in [-0.1, -0.05) is 0 Å². The van der Waals surface area contributed by atoms with Crippen molar-refractivity contribution in [1.82, 2.24) is 0 Å². The zero-order chi connectivity index (χ0) is 8.48. The van der Waals surface area contributed by atoms with Crippen molar-refractivity contribution in [2.75, 3.05) is 0 Å². The summed E-state index contributed by atoms with van der Waals surface area (Å²) < 4.78 is 13.2. The van der Waals surface area contributed by atoms with Gasteiger partial charge in [0.1, 0.15) is 0 Å². The van der Waals surface area contributed by atoms with Crippen molar-refractivity contribution < 1.29 is 14.3 Å². The van der Waals surface area contributed by atoms with Gasteiger partial charge in [-0.2, -0.15) is 0 Å². The van der Waals surface area contributed by atoms with Crippen LogP contribution in [0.3, 0.4) is 0 Å². The van der Waals surface area contributed by atoms with Crippen molar-refractivity contribution in [2.45, 2.75) is 37.4 Å². The largest absolute Gasteiger partial charge is 0.479 e. The van der Waals surface area contributed by atoms with Crippen LogP contribution in [0.25, 0.3) is 0 Å². The minimum atomic E-state index is -2.00. The summed E-state index contributed by atoms with van der Waals surface area (Å²) in [6.07, 6.45) is 1.07. The number of rotatable bonds is 1. The fraction of sp³-hybridized carbons (Fsp3) is 0.857. The predicted octanol–water partition coefficient (Wildman–Crippen LogP) is 0.681. The number of nitrogens with two attached hydrogens (primary N) is 1. The summed E-state index contributed by atoms with van der Waals surface area (Å²) in [4.78, 5) is 10.4. The molecular formula is C7H12FNO2. The molecule has 0 amide bonds. The molecule has 1 rings (SSSR count). The summed E-state index contributed by atoms with van der Waals surface area (Å²) in [6.45, 7) is 0. The van der Waals surface area contributed by atoms with Crippen molar-refractivity contribution >= 4 is 5.97 Å². The summed E-state index contributed by atoms with van der Waals surface area (Å²) in [5, 5.41) is 8.47. The monoisotopic (exact) mass is 161 g/mol. The Morgan fingerprint density at radius 2 is 2.00 bits per heavy atom. The highest BCUT2D eigenvalue weighted by molar-refractivity contribution is 5.77. The van der Waals surface area contributed by atoms with Gasteiger partial charge in [0.05, 0.1) is 0 Å². The molecule has 64 valence electrons. The molecule has 0 saturated heterocycles. The van der Waals surface area contributed by atoms with E-state index in [1.165, 1.54) is 0 Å². The Balaban J connectivity index is 2.55. The van der Waals surface area contributed by atoms with Crippen LogP contribution in [0, 0.1) is 0 Å². The Morgan fingerprint density at radius 1 is 1.55 bits per heavy atom. The first-order valence-electron chi connectivity index (χ1n) is 3.72. The van der Waals surface area contributed by atoms with E-state index >= 15 is 0 Å². The molecule has 0 aliphatic heterocycles. The highest BCUT2D eigenvalue weighted by Crippen LogP contribution is 2.31. The lowest BCUT2D eigenvalue weighted by Crippen LogP contribution is -2.41. The molecule has 0 aromatic carbocycles. The number of carboxylic acids is 1. The Hall–Kier alpha value is -0.640. The highest BCUT2D eigenvalue weighted by Gasteiger charge is 2.41. The minimum Gasteiger partial charge on any atom is -0.479 e. The van der Waals surface area contributed by atoms with Crippen molar-refractivity contribution in [2.24, 2.45) is 5.73 Å². The van der Waals surface area contributed by atoms with E-state index in [0.717, 1.165) is 0 Å². The molecule has 0 bridgehead atoms. The molecule has 1 aliphatic rings. The van der Waals surface area contributed by atoms with Crippen LogP contribution in [0.1, 0.15) is 25.7 Å². The van der Waals surface area contributed by atoms with E-state index in [4.69, 9.17) is 10.8 Å². The average Bonchev–Trinajstić information content (AvgIpc) is 1.95. The number of alkyl halides is 1. The van der Waals surface area contributed by atoms with Crippen LogP contribution in [0.5, 0.6) is 0 Å². The third-order valence-electron chi connectivity index (χ3n) is 2.21. The molecule has 0 spiro atoms. The topological polar surface area (TPSA) is 63.3 Å². The van der Waals surface area contributed by atoms with Gasteiger partial charge in [-0.15, -0.1) is 0 Å². The van der Waals surface area contributed by atoms with Gasteiger partial charge >= 0.3 is 5.97 Å². The number of carbonyl (C=O) groups is 1. The standard InChI is InChI=1S/C7H12FNO2/c8-7(6(10)11)3-1-5(9)2-4-7/h5H,1-4,9H2,(H,10,11). The lowest BCUT2D eigenvalue weighted by molar-refractivity contribution is -0.153. The van der Waals surface area contributed by atoms with Gasteiger partial charge in [-0.25, -0.2) is 9.18 Å². The van der Waals surface area contributed by atoms with Crippen LogP contribution < -0.4 is 5.73 Å². The fourth-order valence-corrected chi connectivity index (χ4v) is 1.31. The summed E-state index contributed by atoms with van der Waals surface area (Å²) in [5.41, 5.74) is 3.49. The van der Waals surface area contributed by atoms with Crippen LogP contribution in [-0.2, 0) is 4.79 Å². The second kappa shape index (κ2) is 2.77. The van der Waals surface area contributed by atoms with Gasteiger partial charge in [0.15, 0.2) is 0 Å². The highest BCUT2D eigenvalue weighted by atomic mass is 19.1. The normalized spacial score (nSPS) is 38.5. The first-order valence-corrected chi connectivity index (χ1v) is 3.72. The lowest BCUT2D eigenvalue weighted by atomic mass is 9.84. The molecule has 0 heterocycles. The van der Waals surface area contributed by atoms with E-state index in [1.54, 1.807) is 0 Å². The Morgan fingerprint density at radius 3 is 2.36 bits per heavy atom. The van der Waals surface area contributed by atoms with E-state index in [0.29, 0.717) is 12.8 Å². The van der Waals surface area contributed by atoms with Gasteiger partial charge < -0.3 is 10.8 Å². The fourth-order valence-electron chi connectivity index (χ4n) is 1.31. The third-order valence-corrected chi connectivity index (χ3v) is 2.21. The maximum absolute atomic E-state index is 13.2. The van der Waals surface area contributed by atoms with Gasteiger partial charge in [0.25, 0.3) is 0 Å². The van der Waals surface area contributed by atoms with Crippen LogP contribution >= 0.6 is 0 Å². The molecule has 1 saturated carbocycles. The Labute approximate surface area is 64.4 Å². The minimum absolute atomic E-state index is 0.0155. The molecule has 11 heavy (non-hydrogen) atoms. The molecule has 0 aromatic heterocycles. The molecule has 0 radical (unpaired) electrons. The van der Waals surface area contributed by atoms with E-state index in [9.17, 15) is 9.18 Å². The smallest absolute Gasteiger partial charge is 0.341 e. The van der Waals surface area contributed by atoms with Crippen LogP contribution in [0.15, 0.2) is 0 Å². The molecule has 4 heteroatoms. The second-order valence-corrected chi connectivity index (χ2v) is 3.11.